The van der Waals surface area contributed by atoms with Gasteiger partial charge in [0.15, 0.2) is 9.84 Å². The van der Waals surface area contributed by atoms with Gasteiger partial charge in [-0.15, -0.1) is 0 Å². The van der Waals surface area contributed by atoms with Gasteiger partial charge in [0.2, 0.25) is 0 Å². The molecular weight excluding hydrogens is 360 g/mol. The molecule has 1 saturated heterocycles. The fourth-order valence-corrected chi connectivity index (χ4v) is 6.56. The molecule has 27 heavy (non-hydrogen) atoms. The molecule has 2 aliphatic heterocycles. The minimum Gasteiger partial charge on any atom is -0.493 e. The lowest BCUT2D eigenvalue weighted by Gasteiger charge is -2.40. The lowest BCUT2D eigenvalue weighted by molar-refractivity contribution is 0.138. The van der Waals surface area contributed by atoms with E-state index in [9.17, 15) is 8.42 Å². The summed E-state index contributed by atoms with van der Waals surface area (Å²) in [5.74, 6) is 1.22. The number of nitrogens with one attached hydrogen (secondary N) is 1. The molecule has 0 spiro atoms. The average molecular weight is 395 g/mol. The number of aryl methyl sites for hydroxylation is 1. The smallest absolute Gasteiger partial charge is 0.163 e. The molecule has 1 aromatic carbocycles. The first kappa shape index (κ1) is 20.6. The number of piperidine rings is 1. The monoisotopic (exact) mass is 394 g/mol. The SMILES string of the molecule is CCN(C(C)Cc1ccc2c(c1)CCCO2)C(C1CCNCC1)S(C)(=O)=O. The van der Waals surface area contributed by atoms with Crippen LogP contribution in [0.4, 0.5) is 0 Å². The number of rotatable bonds is 7. The van der Waals surface area contributed by atoms with Gasteiger partial charge < -0.3 is 10.1 Å². The molecule has 2 heterocycles. The molecule has 1 fully saturated rings. The average Bonchev–Trinajstić information content (AvgIpc) is 2.65. The van der Waals surface area contributed by atoms with Crippen LogP contribution in [-0.2, 0) is 22.7 Å². The fourth-order valence-electron chi connectivity index (χ4n) is 4.74. The van der Waals surface area contributed by atoms with E-state index < -0.39 is 9.84 Å². The van der Waals surface area contributed by atoms with Gasteiger partial charge >= 0.3 is 0 Å². The quantitative estimate of drug-likeness (QED) is 0.770. The molecule has 0 amide bonds. The summed E-state index contributed by atoms with van der Waals surface area (Å²) in [6, 6.07) is 6.63. The zero-order chi connectivity index (χ0) is 19.4. The number of nitrogens with zero attached hydrogens (tertiary/aromatic N) is 1. The molecule has 2 atom stereocenters. The summed E-state index contributed by atoms with van der Waals surface area (Å²) in [5, 5.41) is 2.96. The van der Waals surface area contributed by atoms with Crippen molar-refractivity contribution >= 4 is 9.84 Å². The summed E-state index contributed by atoms with van der Waals surface area (Å²) in [5.41, 5.74) is 2.55. The molecule has 0 aliphatic carbocycles. The van der Waals surface area contributed by atoms with Crippen molar-refractivity contribution in [3.05, 3.63) is 29.3 Å². The van der Waals surface area contributed by atoms with Gasteiger partial charge in [-0.05, 0) is 81.8 Å². The highest BCUT2D eigenvalue weighted by molar-refractivity contribution is 7.91. The van der Waals surface area contributed by atoms with Gasteiger partial charge in [-0.2, -0.15) is 0 Å². The van der Waals surface area contributed by atoms with Gasteiger partial charge in [0, 0.05) is 12.3 Å². The van der Waals surface area contributed by atoms with Crippen LogP contribution in [0.25, 0.3) is 0 Å². The van der Waals surface area contributed by atoms with Crippen LogP contribution in [0.15, 0.2) is 18.2 Å². The van der Waals surface area contributed by atoms with Gasteiger partial charge in [-0.3, -0.25) is 4.90 Å². The highest BCUT2D eigenvalue weighted by Gasteiger charge is 2.37. The number of ether oxygens (including phenoxy) is 1. The Labute approximate surface area is 164 Å². The van der Waals surface area contributed by atoms with Crippen molar-refractivity contribution in [2.75, 3.05) is 32.5 Å². The molecule has 5 nitrogen and oxygen atoms in total. The number of hydrogen-bond acceptors (Lipinski definition) is 5. The predicted octanol–water partition coefficient (Wildman–Crippen LogP) is 2.63. The highest BCUT2D eigenvalue weighted by atomic mass is 32.2. The Morgan fingerprint density at radius 1 is 1.30 bits per heavy atom. The van der Waals surface area contributed by atoms with Gasteiger partial charge in [-0.1, -0.05) is 19.1 Å². The Kier molecular flexibility index (Phi) is 6.82. The van der Waals surface area contributed by atoms with Crippen molar-refractivity contribution in [2.24, 2.45) is 5.92 Å². The molecule has 0 saturated carbocycles. The van der Waals surface area contributed by atoms with E-state index in [-0.39, 0.29) is 17.3 Å². The molecule has 1 N–H and O–H groups in total. The Morgan fingerprint density at radius 2 is 2.04 bits per heavy atom. The first-order chi connectivity index (χ1) is 12.9. The summed E-state index contributed by atoms with van der Waals surface area (Å²) in [6.07, 6.45) is 6.26. The third kappa shape index (κ3) is 5.04. The van der Waals surface area contributed by atoms with Crippen molar-refractivity contribution in [3.63, 3.8) is 0 Å². The van der Waals surface area contributed by atoms with Crippen LogP contribution in [0.3, 0.4) is 0 Å². The van der Waals surface area contributed by atoms with E-state index in [1.807, 2.05) is 0 Å². The van der Waals surface area contributed by atoms with Gasteiger partial charge in [0.05, 0.1) is 6.61 Å². The van der Waals surface area contributed by atoms with E-state index in [1.54, 1.807) is 0 Å². The Morgan fingerprint density at radius 3 is 2.70 bits per heavy atom. The van der Waals surface area contributed by atoms with Crippen LogP contribution in [0.5, 0.6) is 5.75 Å². The second-order valence-electron chi connectivity index (χ2n) is 8.09. The normalized spacial score (nSPS) is 20.7. The Bertz CT molecular complexity index is 729. The van der Waals surface area contributed by atoms with Gasteiger partial charge in [-0.25, -0.2) is 8.42 Å². The van der Waals surface area contributed by atoms with E-state index in [0.717, 1.165) is 64.1 Å². The topological polar surface area (TPSA) is 58.6 Å². The Balaban J connectivity index is 1.78. The van der Waals surface area contributed by atoms with Crippen LogP contribution in [0.2, 0.25) is 0 Å². The van der Waals surface area contributed by atoms with Crippen molar-refractivity contribution in [3.8, 4) is 5.75 Å². The number of hydrogen-bond donors (Lipinski definition) is 1. The molecule has 2 aliphatic rings. The maximum Gasteiger partial charge on any atom is 0.163 e. The van der Waals surface area contributed by atoms with Crippen molar-refractivity contribution in [2.45, 2.75) is 57.4 Å². The molecule has 0 radical (unpaired) electrons. The maximum absolute atomic E-state index is 12.7. The van der Waals surface area contributed by atoms with Crippen molar-refractivity contribution < 1.29 is 13.2 Å². The third-order valence-corrected chi connectivity index (χ3v) is 7.52. The predicted molar refractivity (Wildman–Crippen MR) is 110 cm³/mol. The molecule has 2 unspecified atom stereocenters. The lowest BCUT2D eigenvalue weighted by atomic mass is 9.95. The van der Waals surface area contributed by atoms with E-state index in [2.05, 4.69) is 42.3 Å². The molecule has 0 bridgehead atoms. The summed E-state index contributed by atoms with van der Waals surface area (Å²) in [7, 11) is -3.15. The molecule has 1 aromatic rings. The number of sulfone groups is 1. The van der Waals surface area contributed by atoms with E-state index >= 15 is 0 Å². The van der Waals surface area contributed by atoms with Crippen LogP contribution in [0, 0.1) is 5.92 Å². The maximum atomic E-state index is 12.7. The highest BCUT2D eigenvalue weighted by Crippen LogP contribution is 2.29. The van der Waals surface area contributed by atoms with Gasteiger partial charge in [0.1, 0.15) is 11.1 Å². The Hall–Kier alpha value is -1.11. The fraction of sp³-hybridized carbons (Fsp3) is 0.714. The summed E-state index contributed by atoms with van der Waals surface area (Å²) in [4.78, 5) is 2.21. The summed E-state index contributed by atoms with van der Waals surface area (Å²) in [6.45, 7) is 7.62. The zero-order valence-corrected chi connectivity index (χ0v) is 17.7. The van der Waals surface area contributed by atoms with Crippen LogP contribution in [-0.4, -0.2) is 57.2 Å². The largest absolute Gasteiger partial charge is 0.493 e. The lowest BCUT2D eigenvalue weighted by Crippen LogP contribution is -2.52. The number of fused-ring (bicyclic) bond motifs is 1. The second kappa shape index (κ2) is 8.93. The van der Waals surface area contributed by atoms with E-state index in [1.165, 1.54) is 17.4 Å². The summed E-state index contributed by atoms with van der Waals surface area (Å²) >= 11 is 0. The van der Waals surface area contributed by atoms with Crippen LogP contribution >= 0.6 is 0 Å². The molecule has 152 valence electrons. The van der Waals surface area contributed by atoms with Crippen LogP contribution < -0.4 is 10.1 Å². The van der Waals surface area contributed by atoms with Crippen LogP contribution in [0.1, 0.15) is 44.2 Å². The standard InChI is InChI=1S/C21H34N2O3S/c1-4-23(21(27(3,24)25)18-9-11-22-12-10-18)16(2)14-17-7-8-20-19(15-17)6-5-13-26-20/h7-8,15-16,18,21-22H,4-6,9-14H2,1-3H3. The molecule has 0 aromatic heterocycles. The van der Waals surface area contributed by atoms with Crippen molar-refractivity contribution in [1.29, 1.82) is 0 Å². The van der Waals surface area contributed by atoms with E-state index in [0.29, 0.717) is 0 Å². The molecule has 6 heteroatoms. The third-order valence-electron chi connectivity index (χ3n) is 5.99. The minimum absolute atomic E-state index is 0.173. The van der Waals surface area contributed by atoms with E-state index in [4.69, 9.17) is 4.74 Å². The number of likely N-dealkylation sites (N-methyl/N-ethyl adjacent to an activating group) is 1. The number of benzene rings is 1. The second-order valence-corrected chi connectivity index (χ2v) is 10.2. The molecular formula is C21H34N2O3S. The summed E-state index contributed by atoms with van der Waals surface area (Å²) < 4.78 is 31.1. The first-order valence-electron chi connectivity index (χ1n) is 10.3. The zero-order valence-electron chi connectivity index (χ0n) is 16.9. The van der Waals surface area contributed by atoms with Gasteiger partial charge in [0.25, 0.3) is 0 Å². The van der Waals surface area contributed by atoms with Crippen molar-refractivity contribution in [1.82, 2.24) is 10.2 Å². The molecule has 3 rings (SSSR count). The first-order valence-corrected chi connectivity index (χ1v) is 12.3. The minimum atomic E-state index is -3.15.